The second-order valence-electron chi connectivity index (χ2n) is 6.81. The molecule has 1 unspecified atom stereocenters. The summed E-state index contributed by atoms with van der Waals surface area (Å²) in [5.41, 5.74) is 4.24. The number of allylic oxidation sites excluding steroid dienone is 4. The first kappa shape index (κ1) is 13.8. The van der Waals surface area contributed by atoms with Gasteiger partial charge in [0.1, 0.15) is 5.60 Å². The SMILES string of the molecule is CCCCC1=C(C)C=C2C(=O)C(C)(O)C3(CC3)C(C)=C21. The van der Waals surface area contributed by atoms with E-state index in [1.54, 1.807) is 6.92 Å². The Morgan fingerprint density at radius 3 is 2.50 bits per heavy atom. The highest BCUT2D eigenvalue weighted by atomic mass is 16.3. The molecule has 0 aliphatic heterocycles. The lowest BCUT2D eigenvalue weighted by Crippen LogP contribution is -2.49. The smallest absolute Gasteiger partial charge is 0.195 e. The number of carbonyl (C=O) groups is 1. The molecule has 20 heavy (non-hydrogen) atoms. The number of rotatable bonds is 3. The second kappa shape index (κ2) is 4.17. The predicted molar refractivity (Wildman–Crippen MR) is 80.3 cm³/mol. The van der Waals surface area contributed by atoms with Crippen LogP contribution in [0.5, 0.6) is 0 Å². The van der Waals surface area contributed by atoms with Gasteiger partial charge in [0.15, 0.2) is 5.78 Å². The molecule has 1 spiro atoms. The Balaban J connectivity index is 2.13. The average molecular weight is 272 g/mol. The maximum Gasteiger partial charge on any atom is 0.195 e. The first-order chi connectivity index (χ1) is 9.37. The molecule has 0 saturated heterocycles. The highest BCUT2D eigenvalue weighted by molar-refractivity contribution is 6.10. The lowest BCUT2D eigenvalue weighted by molar-refractivity contribution is -0.137. The molecule has 0 aromatic carbocycles. The first-order valence-electron chi connectivity index (χ1n) is 7.77. The molecule has 0 aromatic heterocycles. The molecular weight excluding hydrogens is 248 g/mol. The highest BCUT2D eigenvalue weighted by Gasteiger charge is 2.64. The third-order valence-electron chi connectivity index (χ3n) is 5.65. The third kappa shape index (κ3) is 1.52. The number of aliphatic hydroxyl groups is 1. The molecule has 3 aliphatic carbocycles. The van der Waals surface area contributed by atoms with Gasteiger partial charge in [-0.1, -0.05) is 18.9 Å². The van der Waals surface area contributed by atoms with Gasteiger partial charge in [-0.15, -0.1) is 0 Å². The van der Waals surface area contributed by atoms with Gasteiger partial charge in [-0.2, -0.15) is 0 Å². The van der Waals surface area contributed by atoms with Crippen LogP contribution in [0, 0.1) is 5.41 Å². The summed E-state index contributed by atoms with van der Waals surface area (Å²) in [6.45, 7) is 8.13. The zero-order valence-corrected chi connectivity index (χ0v) is 13.0. The molecule has 3 aliphatic rings. The van der Waals surface area contributed by atoms with Crippen LogP contribution in [0.4, 0.5) is 0 Å². The fourth-order valence-corrected chi connectivity index (χ4v) is 4.09. The van der Waals surface area contributed by atoms with Crippen LogP contribution in [-0.2, 0) is 4.79 Å². The summed E-state index contributed by atoms with van der Waals surface area (Å²) >= 11 is 0. The highest BCUT2D eigenvalue weighted by Crippen LogP contribution is 2.65. The van der Waals surface area contributed by atoms with Crippen LogP contribution in [0.1, 0.15) is 59.8 Å². The van der Waals surface area contributed by atoms with Crippen LogP contribution in [0.3, 0.4) is 0 Å². The van der Waals surface area contributed by atoms with Crippen LogP contribution >= 0.6 is 0 Å². The minimum Gasteiger partial charge on any atom is -0.381 e. The van der Waals surface area contributed by atoms with E-state index in [0.29, 0.717) is 0 Å². The van der Waals surface area contributed by atoms with Crippen molar-refractivity contribution in [1.29, 1.82) is 0 Å². The Morgan fingerprint density at radius 2 is 1.95 bits per heavy atom. The molecule has 0 heterocycles. The van der Waals surface area contributed by atoms with Gasteiger partial charge in [0, 0.05) is 11.0 Å². The van der Waals surface area contributed by atoms with Crippen LogP contribution < -0.4 is 0 Å². The van der Waals surface area contributed by atoms with Crippen LogP contribution in [0.25, 0.3) is 0 Å². The van der Waals surface area contributed by atoms with Crippen molar-refractivity contribution in [2.24, 2.45) is 5.41 Å². The van der Waals surface area contributed by atoms with E-state index in [9.17, 15) is 9.90 Å². The monoisotopic (exact) mass is 272 g/mol. The van der Waals surface area contributed by atoms with Crippen molar-refractivity contribution in [3.8, 4) is 0 Å². The molecule has 0 bridgehead atoms. The molecule has 2 heteroatoms. The summed E-state index contributed by atoms with van der Waals surface area (Å²) in [5.74, 6) is -0.0681. The molecule has 1 atom stereocenters. The third-order valence-corrected chi connectivity index (χ3v) is 5.65. The molecule has 2 nitrogen and oxygen atoms in total. The predicted octanol–water partition coefficient (Wildman–Crippen LogP) is 3.86. The van der Waals surface area contributed by atoms with E-state index in [1.807, 2.05) is 6.08 Å². The van der Waals surface area contributed by atoms with Crippen molar-refractivity contribution in [1.82, 2.24) is 0 Å². The van der Waals surface area contributed by atoms with Gasteiger partial charge in [-0.25, -0.2) is 0 Å². The van der Waals surface area contributed by atoms with Crippen molar-refractivity contribution >= 4 is 5.78 Å². The molecule has 1 N–H and O–H groups in total. The topological polar surface area (TPSA) is 37.3 Å². The number of unbranched alkanes of at least 4 members (excludes halogenated alkanes) is 1. The zero-order valence-electron chi connectivity index (χ0n) is 13.0. The van der Waals surface area contributed by atoms with E-state index >= 15 is 0 Å². The number of hydrogen-bond acceptors (Lipinski definition) is 2. The van der Waals surface area contributed by atoms with Gasteiger partial charge in [-0.05, 0) is 69.2 Å². The van der Waals surface area contributed by atoms with E-state index in [-0.39, 0.29) is 11.2 Å². The number of Topliss-reactive ketones (excluding diaryl/α,β-unsaturated/α-hetero) is 1. The largest absolute Gasteiger partial charge is 0.381 e. The fourth-order valence-electron chi connectivity index (χ4n) is 4.09. The van der Waals surface area contributed by atoms with E-state index in [1.165, 1.54) is 22.3 Å². The second-order valence-corrected chi connectivity index (χ2v) is 6.81. The maximum atomic E-state index is 12.7. The lowest BCUT2D eigenvalue weighted by atomic mass is 9.67. The van der Waals surface area contributed by atoms with E-state index < -0.39 is 5.60 Å². The summed E-state index contributed by atoms with van der Waals surface area (Å²) in [6.07, 6.45) is 7.23. The van der Waals surface area contributed by atoms with E-state index in [4.69, 9.17) is 0 Å². The van der Waals surface area contributed by atoms with Crippen molar-refractivity contribution in [3.63, 3.8) is 0 Å². The Morgan fingerprint density at radius 1 is 1.30 bits per heavy atom. The van der Waals surface area contributed by atoms with Crippen LogP contribution in [-0.4, -0.2) is 16.5 Å². The molecule has 3 rings (SSSR count). The Bertz CT molecular complexity index is 581. The minimum absolute atomic E-state index is 0.0681. The van der Waals surface area contributed by atoms with Crippen LogP contribution in [0.15, 0.2) is 33.9 Å². The van der Waals surface area contributed by atoms with Crippen molar-refractivity contribution < 1.29 is 9.90 Å². The summed E-state index contributed by atoms with van der Waals surface area (Å²) in [5, 5.41) is 10.8. The Labute approximate surface area is 121 Å². The lowest BCUT2D eigenvalue weighted by Gasteiger charge is -2.39. The Kier molecular flexibility index (Phi) is 2.88. The normalized spacial score (nSPS) is 31.1. The molecule has 0 aromatic rings. The van der Waals surface area contributed by atoms with Crippen molar-refractivity contribution in [2.45, 2.75) is 65.4 Å². The molecule has 1 saturated carbocycles. The Hall–Kier alpha value is -1.15. The number of ketones is 1. The van der Waals surface area contributed by atoms with Gasteiger partial charge in [0.05, 0.1) is 0 Å². The first-order valence-corrected chi connectivity index (χ1v) is 7.77. The molecule has 0 amide bonds. The minimum atomic E-state index is -1.22. The summed E-state index contributed by atoms with van der Waals surface area (Å²) in [6, 6.07) is 0. The standard InChI is InChI=1S/C18H24O2/c1-5-6-7-13-11(2)10-14-15(13)12(3)18(8-9-18)17(4,20)16(14)19/h10,20H,5-9H2,1-4H3. The van der Waals surface area contributed by atoms with E-state index in [0.717, 1.165) is 37.7 Å². The average Bonchev–Trinajstić information content (AvgIpc) is 3.14. The van der Waals surface area contributed by atoms with Gasteiger partial charge in [-0.3, -0.25) is 4.79 Å². The number of hydrogen-bond donors (Lipinski definition) is 1. The van der Waals surface area contributed by atoms with Gasteiger partial charge < -0.3 is 5.11 Å². The summed E-state index contributed by atoms with van der Waals surface area (Å²) < 4.78 is 0. The number of fused-ring (bicyclic) bond motifs is 1. The summed E-state index contributed by atoms with van der Waals surface area (Å²) in [4.78, 5) is 12.7. The summed E-state index contributed by atoms with van der Waals surface area (Å²) in [7, 11) is 0. The van der Waals surface area contributed by atoms with Crippen molar-refractivity contribution in [2.75, 3.05) is 0 Å². The molecular formula is C18H24O2. The van der Waals surface area contributed by atoms with Gasteiger partial charge >= 0.3 is 0 Å². The maximum absolute atomic E-state index is 12.7. The molecule has 1 fully saturated rings. The zero-order chi connectivity index (χ0) is 14.7. The fraction of sp³-hybridized carbons (Fsp3) is 0.611. The molecule has 0 radical (unpaired) electrons. The van der Waals surface area contributed by atoms with Crippen molar-refractivity contribution in [3.05, 3.63) is 33.9 Å². The van der Waals surface area contributed by atoms with Crippen LogP contribution in [0.2, 0.25) is 0 Å². The quantitative estimate of drug-likeness (QED) is 0.847. The van der Waals surface area contributed by atoms with Gasteiger partial charge in [0.2, 0.25) is 0 Å². The van der Waals surface area contributed by atoms with E-state index in [2.05, 4.69) is 20.8 Å². The van der Waals surface area contributed by atoms with Gasteiger partial charge in [0.25, 0.3) is 0 Å². The molecule has 108 valence electrons. The number of carbonyl (C=O) groups excluding carboxylic acids is 1.